The van der Waals surface area contributed by atoms with Crippen molar-refractivity contribution >= 4 is 32.4 Å². The Morgan fingerprint density at radius 2 is 2.37 bits per heavy atom. The lowest BCUT2D eigenvalue weighted by Gasteiger charge is -2.15. The smallest absolute Gasteiger partial charge is 0.283 e. The van der Waals surface area contributed by atoms with Crippen molar-refractivity contribution < 1.29 is 4.21 Å². The van der Waals surface area contributed by atoms with Crippen molar-refractivity contribution in [3.05, 3.63) is 33.7 Å². The number of rotatable bonds is 7. The fraction of sp³-hybridized carbons (Fsp3) is 0.500. The van der Waals surface area contributed by atoms with E-state index in [9.17, 15) is 9.00 Å². The summed E-state index contributed by atoms with van der Waals surface area (Å²) in [4.78, 5) is 11.9. The molecule has 0 aliphatic carbocycles. The van der Waals surface area contributed by atoms with Crippen LogP contribution in [0.15, 0.2) is 28.1 Å². The van der Waals surface area contributed by atoms with Crippen molar-refractivity contribution in [2.24, 2.45) is 0 Å². The summed E-state index contributed by atoms with van der Waals surface area (Å²) in [7, 11) is -0.805. The van der Waals surface area contributed by atoms with Crippen molar-refractivity contribution in [3.8, 4) is 0 Å². The van der Waals surface area contributed by atoms with E-state index >= 15 is 0 Å². The van der Waals surface area contributed by atoms with Gasteiger partial charge in [0.05, 0.1) is 18.4 Å². The van der Waals surface area contributed by atoms with Crippen LogP contribution in [0.2, 0.25) is 0 Å². The van der Waals surface area contributed by atoms with E-state index in [-0.39, 0.29) is 11.6 Å². The first kappa shape index (κ1) is 16.1. The molecule has 0 amide bonds. The second kappa shape index (κ2) is 7.59. The molecule has 1 aromatic rings. The first-order valence-electron chi connectivity index (χ1n) is 5.88. The number of nitrogens with zero attached hydrogens (tertiary/aromatic N) is 2. The monoisotopic (exact) mass is 347 g/mol. The van der Waals surface area contributed by atoms with E-state index in [1.54, 1.807) is 18.5 Å². The molecule has 1 heterocycles. The maximum atomic E-state index is 11.9. The van der Waals surface area contributed by atoms with Gasteiger partial charge < -0.3 is 5.32 Å². The quantitative estimate of drug-likeness (QED) is 0.763. The van der Waals surface area contributed by atoms with E-state index in [0.29, 0.717) is 22.5 Å². The van der Waals surface area contributed by atoms with Crippen LogP contribution in [0.4, 0.5) is 5.69 Å². The normalized spacial score (nSPS) is 13.8. The van der Waals surface area contributed by atoms with Crippen LogP contribution in [0.1, 0.15) is 13.3 Å². The second-order valence-electron chi connectivity index (χ2n) is 4.26. The summed E-state index contributed by atoms with van der Waals surface area (Å²) in [5, 5.41) is 7.25. The molecule has 0 aromatic carbocycles. The van der Waals surface area contributed by atoms with Gasteiger partial charge in [-0.15, -0.1) is 6.58 Å². The summed E-state index contributed by atoms with van der Waals surface area (Å²) in [6, 6.07) is 0.122. The van der Waals surface area contributed by atoms with E-state index in [0.717, 1.165) is 6.42 Å². The number of allylic oxidation sites excluding steroid dienone is 1. The molecule has 2 atom stereocenters. The molecule has 1 rings (SSSR count). The molecule has 1 N–H and O–H groups in total. The Labute approximate surface area is 123 Å². The fourth-order valence-corrected chi connectivity index (χ4v) is 2.61. The maximum absolute atomic E-state index is 11.9. The van der Waals surface area contributed by atoms with Crippen LogP contribution in [0.25, 0.3) is 0 Å². The molecule has 0 bridgehead atoms. The number of anilines is 1. The number of hydrogen-bond acceptors (Lipinski definition) is 4. The summed E-state index contributed by atoms with van der Waals surface area (Å²) in [5.41, 5.74) is 0.455. The second-order valence-corrected chi connectivity index (χ2v) is 6.61. The van der Waals surface area contributed by atoms with Crippen LogP contribution in [0.5, 0.6) is 0 Å². The molecule has 7 heteroatoms. The topological polar surface area (TPSA) is 64.0 Å². The van der Waals surface area contributed by atoms with Crippen molar-refractivity contribution in [2.45, 2.75) is 25.9 Å². The van der Waals surface area contributed by atoms with Gasteiger partial charge in [0.15, 0.2) is 0 Å². The highest BCUT2D eigenvalue weighted by Gasteiger charge is 2.10. The zero-order valence-electron chi connectivity index (χ0n) is 11.1. The Kier molecular flexibility index (Phi) is 6.44. The van der Waals surface area contributed by atoms with E-state index in [4.69, 9.17) is 0 Å². The first-order valence-corrected chi connectivity index (χ1v) is 8.40. The van der Waals surface area contributed by atoms with E-state index < -0.39 is 10.8 Å². The zero-order valence-corrected chi connectivity index (χ0v) is 13.5. The third-order valence-electron chi connectivity index (χ3n) is 2.53. The molecule has 0 aliphatic heterocycles. The van der Waals surface area contributed by atoms with Crippen molar-refractivity contribution in [2.75, 3.05) is 17.3 Å². The lowest BCUT2D eigenvalue weighted by atomic mass is 10.2. The van der Waals surface area contributed by atoms with Crippen LogP contribution in [0, 0.1) is 0 Å². The van der Waals surface area contributed by atoms with E-state index in [1.807, 2.05) is 6.92 Å². The van der Waals surface area contributed by atoms with Crippen molar-refractivity contribution in [1.29, 1.82) is 0 Å². The minimum Gasteiger partial charge on any atom is -0.380 e. The highest BCUT2D eigenvalue weighted by Crippen LogP contribution is 2.17. The number of halogens is 1. The van der Waals surface area contributed by atoms with Gasteiger partial charge in [-0.1, -0.05) is 6.08 Å². The SMILES string of the molecule is C=CCn1ncc(NC(C)CCS(C)=O)c(Br)c1=O. The fourth-order valence-electron chi connectivity index (χ4n) is 1.50. The standard InChI is InChI=1S/C12H18BrN3O2S/c1-4-6-16-12(17)11(13)10(8-14-16)15-9(2)5-7-19(3)18/h4,8-9,15H,1,5-7H2,2-3H3. The van der Waals surface area contributed by atoms with Gasteiger partial charge in [0.1, 0.15) is 4.47 Å². The van der Waals surface area contributed by atoms with Crippen molar-refractivity contribution in [3.63, 3.8) is 0 Å². The van der Waals surface area contributed by atoms with Gasteiger partial charge in [-0.3, -0.25) is 9.00 Å². The van der Waals surface area contributed by atoms with Crippen LogP contribution in [0.3, 0.4) is 0 Å². The van der Waals surface area contributed by atoms with Gasteiger partial charge in [-0.05, 0) is 29.3 Å². The summed E-state index contributed by atoms with van der Waals surface area (Å²) in [6.07, 6.45) is 5.67. The molecule has 0 aliphatic rings. The predicted molar refractivity (Wildman–Crippen MR) is 83.0 cm³/mol. The molecular weight excluding hydrogens is 330 g/mol. The minimum atomic E-state index is -0.805. The van der Waals surface area contributed by atoms with Gasteiger partial charge in [-0.2, -0.15) is 5.10 Å². The summed E-state index contributed by atoms with van der Waals surface area (Å²) >= 11 is 3.28. The Hall–Kier alpha value is -0.950. The molecule has 106 valence electrons. The van der Waals surface area contributed by atoms with Gasteiger partial charge in [0.2, 0.25) is 0 Å². The molecule has 1 aromatic heterocycles. The number of aromatic nitrogens is 2. The van der Waals surface area contributed by atoms with Crippen LogP contribution >= 0.6 is 15.9 Å². The summed E-state index contributed by atoms with van der Waals surface area (Å²) < 4.78 is 12.8. The Morgan fingerprint density at radius 3 is 2.95 bits per heavy atom. The first-order chi connectivity index (χ1) is 8.95. The zero-order chi connectivity index (χ0) is 14.4. The molecule has 0 saturated heterocycles. The van der Waals surface area contributed by atoms with Crippen LogP contribution in [-0.4, -0.2) is 32.0 Å². The highest BCUT2D eigenvalue weighted by molar-refractivity contribution is 9.10. The van der Waals surface area contributed by atoms with Crippen LogP contribution in [-0.2, 0) is 17.3 Å². The molecule has 0 fully saturated rings. The third kappa shape index (κ3) is 4.91. The number of nitrogens with one attached hydrogen (secondary N) is 1. The summed E-state index contributed by atoms with van der Waals surface area (Å²) in [5.74, 6) is 0.632. The lowest BCUT2D eigenvalue weighted by molar-refractivity contribution is 0.646. The van der Waals surface area contributed by atoms with Gasteiger partial charge in [0, 0.05) is 28.9 Å². The van der Waals surface area contributed by atoms with Crippen LogP contribution < -0.4 is 10.9 Å². The molecule has 2 unspecified atom stereocenters. The molecule has 0 radical (unpaired) electrons. The third-order valence-corrected chi connectivity index (χ3v) is 4.10. The lowest BCUT2D eigenvalue weighted by Crippen LogP contribution is -2.26. The highest BCUT2D eigenvalue weighted by atomic mass is 79.9. The molecule has 19 heavy (non-hydrogen) atoms. The summed E-state index contributed by atoms with van der Waals surface area (Å²) in [6.45, 7) is 5.94. The average molecular weight is 348 g/mol. The Bertz CT molecular complexity index is 530. The van der Waals surface area contributed by atoms with Gasteiger partial charge in [0.25, 0.3) is 5.56 Å². The minimum absolute atomic E-state index is 0.122. The molecule has 0 saturated carbocycles. The van der Waals surface area contributed by atoms with Gasteiger partial charge >= 0.3 is 0 Å². The predicted octanol–water partition coefficient (Wildman–Crippen LogP) is 1.76. The van der Waals surface area contributed by atoms with E-state index in [1.165, 1.54) is 4.68 Å². The molecule has 0 spiro atoms. The van der Waals surface area contributed by atoms with Crippen molar-refractivity contribution in [1.82, 2.24) is 9.78 Å². The average Bonchev–Trinajstić information content (AvgIpc) is 2.36. The Balaban J connectivity index is 2.79. The number of hydrogen-bond donors (Lipinski definition) is 1. The molecular formula is C12H18BrN3O2S. The van der Waals surface area contributed by atoms with E-state index in [2.05, 4.69) is 32.9 Å². The maximum Gasteiger partial charge on any atom is 0.283 e. The Morgan fingerprint density at radius 1 is 1.68 bits per heavy atom. The van der Waals surface area contributed by atoms with Gasteiger partial charge in [-0.25, -0.2) is 4.68 Å². The molecule has 5 nitrogen and oxygen atoms in total. The largest absolute Gasteiger partial charge is 0.380 e.